The molecule has 20 heavy (non-hydrogen) atoms. The Bertz CT molecular complexity index is 366. The molecule has 1 saturated heterocycles. The smallest absolute Gasteiger partial charge is 0.410 e. The van der Waals surface area contributed by atoms with Crippen molar-refractivity contribution in [2.45, 2.75) is 32.8 Å². The van der Waals surface area contributed by atoms with Crippen LogP contribution < -0.4 is 0 Å². The van der Waals surface area contributed by atoms with Crippen LogP contribution in [0.2, 0.25) is 0 Å². The van der Waals surface area contributed by atoms with Gasteiger partial charge in [0.1, 0.15) is 5.60 Å². The fourth-order valence-corrected chi connectivity index (χ4v) is 1.92. The van der Waals surface area contributed by atoms with Gasteiger partial charge >= 0.3 is 12.1 Å². The molecule has 0 spiro atoms. The first-order valence-electron chi connectivity index (χ1n) is 6.88. The Kier molecular flexibility index (Phi) is 6.01. The van der Waals surface area contributed by atoms with Crippen molar-refractivity contribution in [3.63, 3.8) is 0 Å². The number of piperazine rings is 1. The molecule has 1 fully saturated rings. The van der Waals surface area contributed by atoms with Crippen LogP contribution in [0.4, 0.5) is 4.79 Å². The number of hydrogen-bond acceptors (Lipinski definition) is 4. The normalized spacial score (nSPS) is 17.4. The van der Waals surface area contributed by atoms with Crippen molar-refractivity contribution in [1.29, 1.82) is 0 Å². The van der Waals surface area contributed by atoms with Crippen LogP contribution in [0.25, 0.3) is 0 Å². The summed E-state index contributed by atoms with van der Waals surface area (Å²) in [5, 5.41) is 8.48. The summed E-state index contributed by atoms with van der Waals surface area (Å²) < 4.78 is 5.33. The molecule has 0 aromatic heterocycles. The SMILES string of the molecule is CC(C)(C)OC(=O)N1CCN(CC/C=C/C(=O)O)CC1. The minimum Gasteiger partial charge on any atom is -0.478 e. The van der Waals surface area contributed by atoms with Gasteiger partial charge in [0, 0.05) is 38.8 Å². The number of ether oxygens (including phenoxy) is 1. The van der Waals surface area contributed by atoms with E-state index in [1.165, 1.54) is 0 Å². The van der Waals surface area contributed by atoms with Crippen LogP contribution in [0.15, 0.2) is 12.2 Å². The second kappa shape index (κ2) is 7.28. The summed E-state index contributed by atoms with van der Waals surface area (Å²) in [5.74, 6) is -0.917. The Morgan fingerprint density at radius 3 is 2.30 bits per heavy atom. The molecule has 0 unspecified atom stereocenters. The van der Waals surface area contributed by atoms with Gasteiger partial charge in [0.2, 0.25) is 0 Å². The van der Waals surface area contributed by atoms with Gasteiger partial charge in [-0.15, -0.1) is 0 Å². The Morgan fingerprint density at radius 1 is 1.20 bits per heavy atom. The largest absolute Gasteiger partial charge is 0.478 e. The van der Waals surface area contributed by atoms with Crippen LogP contribution in [0.1, 0.15) is 27.2 Å². The summed E-state index contributed by atoms with van der Waals surface area (Å²) >= 11 is 0. The highest BCUT2D eigenvalue weighted by molar-refractivity contribution is 5.79. The van der Waals surface area contributed by atoms with Crippen LogP contribution in [0.5, 0.6) is 0 Å². The zero-order valence-corrected chi connectivity index (χ0v) is 12.5. The molecule has 1 rings (SSSR count). The van der Waals surface area contributed by atoms with E-state index in [0.717, 1.165) is 25.7 Å². The lowest BCUT2D eigenvalue weighted by Gasteiger charge is -2.35. The highest BCUT2D eigenvalue weighted by Crippen LogP contribution is 2.11. The highest BCUT2D eigenvalue weighted by atomic mass is 16.6. The summed E-state index contributed by atoms with van der Waals surface area (Å²) in [5.41, 5.74) is -0.462. The van der Waals surface area contributed by atoms with E-state index >= 15 is 0 Å². The summed E-state index contributed by atoms with van der Waals surface area (Å²) in [6.45, 7) is 9.27. The highest BCUT2D eigenvalue weighted by Gasteiger charge is 2.25. The predicted molar refractivity (Wildman–Crippen MR) is 75.6 cm³/mol. The Hall–Kier alpha value is -1.56. The molecule has 0 saturated carbocycles. The van der Waals surface area contributed by atoms with Crippen LogP contribution in [-0.4, -0.2) is 65.3 Å². The van der Waals surface area contributed by atoms with E-state index in [1.54, 1.807) is 11.0 Å². The van der Waals surface area contributed by atoms with Crippen molar-refractivity contribution in [2.24, 2.45) is 0 Å². The van der Waals surface area contributed by atoms with Crippen molar-refractivity contribution >= 4 is 12.1 Å². The fraction of sp³-hybridized carbons (Fsp3) is 0.714. The zero-order chi connectivity index (χ0) is 15.2. The van der Waals surface area contributed by atoms with Crippen LogP contribution in [-0.2, 0) is 9.53 Å². The van der Waals surface area contributed by atoms with Gasteiger partial charge in [0.05, 0.1) is 0 Å². The lowest BCUT2D eigenvalue weighted by Crippen LogP contribution is -2.50. The van der Waals surface area contributed by atoms with Gasteiger partial charge in [-0.25, -0.2) is 9.59 Å². The summed E-state index contributed by atoms with van der Waals surface area (Å²) in [4.78, 5) is 26.1. The molecule has 1 aliphatic heterocycles. The Labute approximate surface area is 120 Å². The van der Waals surface area contributed by atoms with Gasteiger partial charge in [-0.05, 0) is 27.2 Å². The molecule has 1 N–H and O–H groups in total. The van der Waals surface area contributed by atoms with E-state index in [4.69, 9.17) is 9.84 Å². The summed E-state index contributed by atoms with van der Waals surface area (Å²) in [6, 6.07) is 0. The standard InChI is InChI=1S/C14H24N2O4/c1-14(2,3)20-13(19)16-10-8-15(9-11-16)7-5-4-6-12(17)18/h4,6H,5,7-11H2,1-3H3,(H,17,18)/b6-4+. The molecule has 1 aliphatic rings. The quantitative estimate of drug-likeness (QED) is 0.794. The van der Waals surface area contributed by atoms with E-state index in [1.807, 2.05) is 20.8 Å². The zero-order valence-electron chi connectivity index (χ0n) is 12.5. The third-order valence-electron chi connectivity index (χ3n) is 2.90. The molecule has 0 radical (unpaired) electrons. The number of hydrogen-bond donors (Lipinski definition) is 1. The maximum absolute atomic E-state index is 11.9. The number of carbonyl (C=O) groups excluding carboxylic acids is 1. The topological polar surface area (TPSA) is 70.1 Å². The minimum absolute atomic E-state index is 0.261. The van der Waals surface area contributed by atoms with Crippen molar-refractivity contribution < 1.29 is 19.4 Å². The molecule has 6 nitrogen and oxygen atoms in total. The first kappa shape index (κ1) is 16.5. The average molecular weight is 284 g/mol. The molecule has 0 aliphatic carbocycles. The molecule has 0 aromatic carbocycles. The van der Waals surface area contributed by atoms with Gasteiger partial charge < -0.3 is 14.7 Å². The number of rotatable bonds is 4. The first-order chi connectivity index (χ1) is 9.28. The van der Waals surface area contributed by atoms with E-state index in [2.05, 4.69) is 4.90 Å². The number of carboxylic acids is 1. The fourth-order valence-electron chi connectivity index (χ4n) is 1.92. The number of nitrogens with zero attached hydrogens (tertiary/aromatic N) is 2. The maximum atomic E-state index is 11.9. The third kappa shape index (κ3) is 6.56. The monoisotopic (exact) mass is 284 g/mol. The van der Waals surface area contributed by atoms with Crippen molar-refractivity contribution in [3.8, 4) is 0 Å². The van der Waals surface area contributed by atoms with E-state index in [9.17, 15) is 9.59 Å². The first-order valence-corrected chi connectivity index (χ1v) is 6.88. The minimum atomic E-state index is -0.917. The molecular formula is C14H24N2O4. The maximum Gasteiger partial charge on any atom is 0.410 e. The van der Waals surface area contributed by atoms with Crippen LogP contribution >= 0.6 is 0 Å². The Morgan fingerprint density at radius 2 is 1.80 bits per heavy atom. The van der Waals surface area contributed by atoms with E-state index in [0.29, 0.717) is 19.5 Å². The summed E-state index contributed by atoms with van der Waals surface area (Å²) in [6.07, 6.45) is 3.26. The molecule has 6 heteroatoms. The van der Waals surface area contributed by atoms with Crippen molar-refractivity contribution in [2.75, 3.05) is 32.7 Å². The van der Waals surface area contributed by atoms with E-state index in [-0.39, 0.29) is 6.09 Å². The number of amides is 1. The molecule has 0 atom stereocenters. The number of carbonyl (C=O) groups is 2. The summed E-state index contributed by atoms with van der Waals surface area (Å²) in [7, 11) is 0. The van der Waals surface area contributed by atoms with Gasteiger partial charge in [0.25, 0.3) is 0 Å². The van der Waals surface area contributed by atoms with Gasteiger partial charge in [0.15, 0.2) is 0 Å². The molecular weight excluding hydrogens is 260 g/mol. The van der Waals surface area contributed by atoms with Crippen LogP contribution in [0.3, 0.4) is 0 Å². The number of carboxylic acid groups (broad SMARTS) is 1. The van der Waals surface area contributed by atoms with E-state index < -0.39 is 11.6 Å². The molecule has 0 bridgehead atoms. The van der Waals surface area contributed by atoms with Gasteiger partial charge in [-0.2, -0.15) is 0 Å². The lowest BCUT2D eigenvalue weighted by molar-refractivity contribution is -0.131. The van der Waals surface area contributed by atoms with Crippen molar-refractivity contribution in [3.05, 3.63) is 12.2 Å². The lowest BCUT2D eigenvalue weighted by atomic mass is 10.2. The average Bonchev–Trinajstić information content (AvgIpc) is 2.33. The number of aliphatic carboxylic acids is 1. The molecule has 114 valence electrons. The van der Waals surface area contributed by atoms with Gasteiger partial charge in [-0.1, -0.05) is 6.08 Å². The molecule has 1 heterocycles. The second-order valence-corrected chi connectivity index (χ2v) is 5.84. The Balaban J connectivity index is 2.26. The molecule has 0 aromatic rings. The van der Waals surface area contributed by atoms with Crippen LogP contribution in [0, 0.1) is 0 Å². The predicted octanol–water partition coefficient (Wildman–Crippen LogP) is 1.57. The molecule has 1 amide bonds. The van der Waals surface area contributed by atoms with Gasteiger partial charge in [-0.3, -0.25) is 4.90 Å². The third-order valence-corrected chi connectivity index (χ3v) is 2.90. The second-order valence-electron chi connectivity index (χ2n) is 5.84. The van der Waals surface area contributed by atoms with Crippen molar-refractivity contribution in [1.82, 2.24) is 9.80 Å².